The third kappa shape index (κ3) is 2.14. The van der Waals surface area contributed by atoms with Crippen molar-refractivity contribution in [1.82, 2.24) is 0 Å². The van der Waals surface area contributed by atoms with E-state index in [1.54, 1.807) is 6.08 Å². The molecule has 0 saturated heterocycles. The number of allylic oxidation sites excluding steroid dienone is 1. The molecule has 2 aliphatic rings. The maximum atomic E-state index is 11.7. The van der Waals surface area contributed by atoms with Gasteiger partial charge in [0.25, 0.3) is 0 Å². The lowest BCUT2D eigenvalue weighted by Crippen LogP contribution is -2.46. The predicted molar refractivity (Wildman–Crippen MR) is 70.5 cm³/mol. The highest BCUT2D eigenvalue weighted by Crippen LogP contribution is 2.52. The number of ketones is 1. The van der Waals surface area contributed by atoms with Crippen molar-refractivity contribution in [2.75, 3.05) is 0 Å². The summed E-state index contributed by atoms with van der Waals surface area (Å²) in [4.78, 5) is 22.7. The van der Waals surface area contributed by atoms with Crippen molar-refractivity contribution < 1.29 is 19.8 Å². The van der Waals surface area contributed by atoms with Crippen LogP contribution in [-0.4, -0.2) is 28.1 Å². The van der Waals surface area contributed by atoms with Crippen LogP contribution in [0.2, 0.25) is 0 Å². The van der Waals surface area contributed by atoms with E-state index in [1.807, 2.05) is 13.8 Å². The SMILES string of the molecule is C=C(C(=O)O)C1CCC2=CC(=O)C(O)C(C)C2(C)C1. The molecule has 2 N–H and O–H groups in total. The Morgan fingerprint density at radius 3 is 2.74 bits per heavy atom. The standard InChI is InChI=1S/C15H20O4/c1-8(14(18)19)10-4-5-11-6-12(16)13(17)9(2)15(11,3)7-10/h6,9-10,13,17H,1,4-5,7H2,2-3H3,(H,18,19). The number of aliphatic hydroxyl groups is 1. The fraction of sp³-hybridized carbons (Fsp3) is 0.600. The molecule has 4 atom stereocenters. The topological polar surface area (TPSA) is 74.6 Å². The van der Waals surface area contributed by atoms with Gasteiger partial charge in [0.1, 0.15) is 6.10 Å². The number of aliphatic carboxylic acids is 1. The molecule has 0 spiro atoms. The number of aliphatic hydroxyl groups excluding tert-OH is 1. The summed E-state index contributed by atoms with van der Waals surface area (Å²) in [6, 6.07) is 0. The van der Waals surface area contributed by atoms with E-state index in [1.165, 1.54) is 0 Å². The molecule has 0 aliphatic heterocycles. The van der Waals surface area contributed by atoms with Crippen molar-refractivity contribution in [2.45, 2.75) is 39.2 Å². The lowest BCUT2D eigenvalue weighted by molar-refractivity contribution is -0.134. The number of rotatable bonds is 2. The van der Waals surface area contributed by atoms with Gasteiger partial charge in [0, 0.05) is 5.57 Å². The van der Waals surface area contributed by atoms with Crippen LogP contribution >= 0.6 is 0 Å². The normalized spacial score (nSPS) is 38.4. The third-order valence-electron chi connectivity index (χ3n) is 5.02. The van der Waals surface area contributed by atoms with Crippen LogP contribution in [0.1, 0.15) is 33.1 Å². The minimum absolute atomic E-state index is 0.0810. The summed E-state index contributed by atoms with van der Waals surface area (Å²) in [7, 11) is 0. The van der Waals surface area contributed by atoms with Crippen LogP contribution < -0.4 is 0 Å². The van der Waals surface area contributed by atoms with E-state index in [0.717, 1.165) is 5.57 Å². The smallest absolute Gasteiger partial charge is 0.331 e. The van der Waals surface area contributed by atoms with E-state index in [-0.39, 0.29) is 28.6 Å². The van der Waals surface area contributed by atoms with Crippen LogP contribution in [0.15, 0.2) is 23.8 Å². The van der Waals surface area contributed by atoms with Gasteiger partial charge in [-0.15, -0.1) is 0 Å². The lowest BCUT2D eigenvalue weighted by atomic mass is 9.57. The summed E-state index contributed by atoms with van der Waals surface area (Å²) in [5.74, 6) is -1.46. The maximum Gasteiger partial charge on any atom is 0.331 e. The van der Waals surface area contributed by atoms with Crippen molar-refractivity contribution in [3.8, 4) is 0 Å². The monoisotopic (exact) mass is 264 g/mol. The summed E-state index contributed by atoms with van der Waals surface area (Å²) in [5, 5.41) is 19.0. The van der Waals surface area contributed by atoms with Gasteiger partial charge in [-0.2, -0.15) is 0 Å². The second kappa shape index (κ2) is 4.60. The summed E-state index contributed by atoms with van der Waals surface area (Å²) in [5.41, 5.74) is 0.970. The molecule has 4 nitrogen and oxygen atoms in total. The lowest BCUT2D eigenvalue weighted by Gasteiger charge is -2.48. The quantitative estimate of drug-likeness (QED) is 0.747. The minimum Gasteiger partial charge on any atom is -0.478 e. The maximum absolute atomic E-state index is 11.7. The zero-order valence-corrected chi connectivity index (χ0v) is 11.3. The van der Waals surface area contributed by atoms with Crippen LogP contribution in [-0.2, 0) is 9.59 Å². The average molecular weight is 264 g/mol. The Hall–Kier alpha value is -1.42. The Balaban J connectivity index is 2.31. The second-order valence-electron chi connectivity index (χ2n) is 5.99. The Kier molecular flexibility index (Phi) is 3.39. The number of hydrogen-bond acceptors (Lipinski definition) is 3. The van der Waals surface area contributed by atoms with Gasteiger partial charge in [0.15, 0.2) is 5.78 Å². The Morgan fingerprint density at radius 2 is 2.16 bits per heavy atom. The zero-order chi connectivity index (χ0) is 14.4. The second-order valence-corrected chi connectivity index (χ2v) is 5.99. The van der Waals surface area contributed by atoms with Crippen LogP contribution in [0.4, 0.5) is 0 Å². The van der Waals surface area contributed by atoms with E-state index in [2.05, 4.69) is 6.58 Å². The molecule has 104 valence electrons. The van der Waals surface area contributed by atoms with E-state index in [4.69, 9.17) is 5.11 Å². The van der Waals surface area contributed by atoms with Crippen molar-refractivity contribution in [3.05, 3.63) is 23.8 Å². The van der Waals surface area contributed by atoms with E-state index < -0.39 is 12.1 Å². The highest BCUT2D eigenvalue weighted by Gasteiger charge is 2.48. The molecule has 0 aromatic rings. The van der Waals surface area contributed by atoms with Crippen molar-refractivity contribution >= 4 is 11.8 Å². The van der Waals surface area contributed by atoms with Gasteiger partial charge in [-0.05, 0) is 42.6 Å². The highest BCUT2D eigenvalue weighted by atomic mass is 16.4. The third-order valence-corrected chi connectivity index (χ3v) is 5.02. The van der Waals surface area contributed by atoms with Gasteiger partial charge in [-0.1, -0.05) is 26.0 Å². The molecule has 2 rings (SSSR count). The van der Waals surface area contributed by atoms with Crippen LogP contribution in [0.3, 0.4) is 0 Å². The molecular weight excluding hydrogens is 244 g/mol. The number of fused-ring (bicyclic) bond motifs is 1. The number of carboxylic acid groups (broad SMARTS) is 1. The first-order valence-electron chi connectivity index (χ1n) is 6.62. The molecule has 0 radical (unpaired) electrons. The number of carbonyl (C=O) groups excluding carboxylic acids is 1. The molecule has 1 fully saturated rings. The summed E-state index contributed by atoms with van der Waals surface area (Å²) < 4.78 is 0. The molecule has 0 aromatic carbocycles. The summed E-state index contributed by atoms with van der Waals surface area (Å²) >= 11 is 0. The Bertz CT molecular complexity index is 477. The largest absolute Gasteiger partial charge is 0.478 e. The molecule has 0 heterocycles. The molecule has 2 aliphatic carbocycles. The van der Waals surface area contributed by atoms with Gasteiger partial charge in [-0.25, -0.2) is 4.79 Å². The first-order chi connectivity index (χ1) is 8.77. The average Bonchev–Trinajstić information content (AvgIpc) is 2.36. The molecule has 1 saturated carbocycles. The number of carboxylic acids is 1. The molecule has 0 bridgehead atoms. The Labute approximate surface area is 112 Å². The van der Waals surface area contributed by atoms with E-state index >= 15 is 0 Å². The number of hydrogen-bond donors (Lipinski definition) is 2. The van der Waals surface area contributed by atoms with Crippen molar-refractivity contribution in [2.24, 2.45) is 17.3 Å². The summed E-state index contributed by atoms with van der Waals surface area (Å²) in [6.45, 7) is 7.53. The fourth-order valence-electron chi connectivity index (χ4n) is 3.40. The zero-order valence-electron chi connectivity index (χ0n) is 11.3. The molecule has 0 amide bonds. The minimum atomic E-state index is -0.981. The first kappa shape index (κ1) is 14.0. The van der Waals surface area contributed by atoms with Gasteiger partial charge in [-0.3, -0.25) is 4.79 Å². The molecule has 4 unspecified atom stereocenters. The molecule has 19 heavy (non-hydrogen) atoms. The van der Waals surface area contributed by atoms with Crippen LogP contribution in [0, 0.1) is 17.3 Å². The van der Waals surface area contributed by atoms with Crippen molar-refractivity contribution in [3.63, 3.8) is 0 Å². The fourth-order valence-corrected chi connectivity index (χ4v) is 3.40. The first-order valence-corrected chi connectivity index (χ1v) is 6.62. The highest BCUT2D eigenvalue weighted by molar-refractivity contribution is 5.95. The van der Waals surface area contributed by atoms with E-state index in [9.17, 15) is 14.7 Å². The number of carbonyl (C=O) groups is 2. The Morgan fingerprint density at radius 1 is 1.53 bits per heavy atom. The van der Waals surface area contributed by atoms with Crippen molar-refractivity contribution in [1.29, 1.82) is 0 Å². The predicted octanol–water partition coefficient (Wildman–Crippen LogP) is 1.94. The molecular formula is C15H20O4. The van der Waals surface area contributed by atoms with Gasteiger partial charge < -0.3 is 10.2 Å². The van der Waals surface area contributed by atoms with E-state index in [0.29, 0.717) is 19.3 Å². The van der Waals surface area contributed by atoms with Crippen LogP contribution in [0.5, 0.6) is 0 Å². The van der Waals surface area contributed by atoms with Gasteiger partial charge in [0.2, 0.25) is 0 Å². The van der Waals surface area contributed by atoms with Gasteiger partial charge >= 0.3 is 5.97 Å². The summed E-state index contributed by atoms with van der Waals surface area (Å²) in [6.07, 6.45) is 2.63. The van der Waals surface area contributed by atoms with Crippen LogP contribution in [0.25, 0.3) is 0 Å². The molecule has 0 aromatic heterocycles. The van der Waals surface area contributed by atoms with Gasteiger partial charge in [0.05, 0.1) is 0 Å². The molecule has 4 heteroatoms.